The van der Waals surface area contributed by atoms with Gasteiger partial charge in [-0.05, 0) is 12.5 Å². The van der Waals surface area contributed by atoms with Crippen LogP contribution in [0.2, 0.25) is 0 Å². The van der Waals surface area contributed by atoms with E-state index < -0.39 is 21.8 Å². The maximum Gasteiger partial charge on any atom is 0.417 e. The van der Waals surface area contributed by atoms with Crippen LogP contribution in [0.1, 0.15) is 18.9 Å². The fourth-order valence-electron chi connectivity index (χ4n) is 1.19. The number of anilines is 2. The summed E-state index contributed by atoms with van der Waals surface area (Å²) >= 11 is 0. The topological polar surface area (TPSA) is 85.1 Å². The van der Waals surface area contributed by atoms with Crippen LogP contribution in [0, 0.1) is 0 Å². The van der Waals surface area contributed by atoms with E-state index in [2.05, 4.69) is 4.98 Å². The second-order valence-corrected chi connectivity index (χ2v) is 5.42. The number of nitrogens with one attached hydrogen (secondary N) is 1. The zero-order chi connectivity index (χ0) is 14.0. The molecule has 102 valence electrons. The summed E-state index contributed by atoms with van der Waals surface area (Å²) in [7, 11) is -3.63. The summed E-state index contributed by atoms with van der Waals surface area (Å²) < 4.78 is 61.8. The molecule has 1 aromatic heterocycles. The Kier molecular flexibility index (Phi) is 4.05. The molecular weight excluding hydrogens is 271 g/mol. The molecule has 1 heterocycles. The number of hydrogen-bond donors (Lipinski definition) is 2. The number of nitrogens with zero attached hydrogens (tertiary/aromatic N) is 1. The summed E-state index contributed by atoms with van der Waals surface area (Å²) in [5.74, 6) is -0.453. The number of halogens is 3. The van der Waals surface area contributed by atoms with Gasteiger partial charge in [0.05, 0.1) is 17.0 Å². The molecule has 0 fully saturated rings. The summed E-state index contributed by atoms with van der Waals surface area (Å²) in [4.78, 5) is 3.38. The molecule has 0 aromatic carbocycles. The Balaban J connectivity index is 3.01. The molecule has 1 aromatic rings. The van der Waals surface area contributed by atoms with E-state index in [0.717, 1.165) is 0 Å². The van der Waals surface area contributed by atoms with Gasteiger partial charge in [-0.2, -0.15) is 13.2 Å². The Morgan fingerprint density at radius 3 is 2.50 bits per heavy atom. The van der Waals surface area contributed by atoms with E-state index in [4.69, 9.17) is 5.73 Å². The van der Waals surface area contributed by atoms with E-state index in [9.17, 15) is 21.6 Å². The molecule has 3 N–H and O–H groups in total. The van der Waals surface area contributed by atoms with Crippen molar-refractivity contribution in [3.8, 4) is 0 Å². The molecule has 0 atom stereocenters. The molecule has 0 bridgehead atoms. The normalized spacial score (nSPS) is 12.4. The zero-order valence-electron chi connectivity index (χ0n) is 9.45. The number of nitrogen functional groups attached to an aromatic ring is 1. The maximum absolute atomic E-state index is 12.3. The predicted molar refractivity (Wildman–Crippen MR) is 61.4 cm³/mol. The molecule has 0 aliphatic rings. The lowest BCUT2D eigenvalue weighted by atomic mass is 10.2. The lowest BCUT2D eigenvalue weighted by molar-refractivity contribution is -0.137. The van der Waals surface area contributed by atoms with Crippen LogP contribution in [-0.4, -0.2) is 19.2 Å². The molecular formula is C9H12F3N3O2S. The highest BCUT2D eigenvalue weighted by atomic mass is 32.2. The molecule has 1 rings (SSSR count). The van der Waals surface area contributed by atoms with Crippen molar-refractivity contribution in [3.63, 3.8) is 0 Å². The van der Waals surface area contributed by atoms with Gasteiger partial charge in [0, 0.05) is 6.20 Å². The Morgan fingerprint density at radius 1 is 1.44 bits per heavy atom. The third kappa shape index (κ3) is 3.76. The zero-order valence-corrected chi connectivity index (χ0v) is 10.3. The smallest absolute Gasteiger partial charge is 0.396 e. The van der Waals surface area contributed by atoms with Crippen LogP contribution in [-0.2, 0) is 16.2 Å². The molecule has 0 unspecified atom stereocenters. The summed E-state index contributed by atoms with van der Waals surface area (Å²) in [6.45, 7) is 1.66. The number of alkyl halides is 3. The van der Waals surface area contributed by atoms with Gasteiger partial charge in [-0.25, -0.2) is 13.4 Å². The van der Waals surface area contributed by atoms with E-state index in [-0.39, 0.29) is 17.3 Å². The molecule has 0 aliphatic carbocycles. The van der Waals surface area contributed by atoms with E-state index >= 15 is 0 Å². The molecule has 5 nitrogen and oxygen atoms in total. The maximum atomic E-state index is 12.3. The summed E-state index contributed by atoms with van der Waals surface area (Å²) in [5, 5.41) is 0. The first kappa shape index (κ1) is 14.6. The second kappa shape index (κ2) is 5.01. The van der Waals surface area contributed by atoms with Gasteiger partial charge >= 0.3 is 6.18 Å². The minimum Gasteiger partial charge on any atom is -0.396 e. The van der Waals surface area contributed by atoms with Crippen LogP contribution < -0.4 is 10.5 Å². The SMILES string of the molecule is CCCS(=O)(=O)Nc1ncc(C(F)(F)F)cc1N. The van der Waals surface area contributed by atoms with Crippen LogP contribution in [0.4, 0.5) is 24.7 Å². The van der Waals surface area contributed by atoms with Crippen molar-refractivity contribution in [2.45, 2.75) is 19.5 Å². The van der Waals surface area contributed by atoms with Crippen molar-refractivity contribution in [3.05, 3.63) is 17.8 Å². The lowest BCUT2D eigenvalue weighted by Crippen LogP contribution is -2.18. The minimum absolute atomic E-state index is 0.158. The van der Waals surface area contributed by atoms with Crippen molar-refractivity contribution in [1.82, 2.24) is 4.98 Å². The standard InChI is InChI=1S/C9H12F3N3O2S/c1-2-3-18(16,17)15-8-7(13)4-6(5-14-8)9(10,11)12/h4-5H,2-3,13H2,1H3,(H,14,15). The van der Waals surface area contributed by atoms with Crippen LogP contribution >= 0.6 is 0 Å². The molecule has 18 heavy (non-hydrogen) atoms. The Hall–Kier alpha value is -1.51. The van der Waals surface area contributed by atoms with Gasteiger partial charge in [0.1, 0.15) is 0 Å². The third-order valence-corrected chi connectivity index (χ3v) is 3.42. The molecule has 0 saturated carbocycles. The van der Waals surface area contributed by atoms with E-state index in [1.165, 1.54) is 0 Å². The van der Waals surface area contributed by atoms with Crippen molar-refractivity contribution in [2.75, 3.05) is 16.2 Å². The number of pyridine rings is 1. The van der Waals surface area contributed by atoms with Gasteiger partial charge in [0.2, 0.25) is 10.0 Å². The first-order valence-corrected chi connectivity index (χ1v) is 6.64. The van der Waals surface area contributed by atoms with Gasteiger partial charge in [0.25, 0.3) is 0 Å². The van der Waals surface area contributed by atoms with Crippen LogP contribution in [0.15, 0.2) is 12.3 Å². The number of aromatic nitrogens is 1. The number of rotatable bonds is 4. The number of nitrogens with two attached hydrogens (primary N) is 1. The van der Waals surface area contributed by atoms with Crippen molar-refractivity contribution >= 4 is 21.5 Å². The average Bonchev–Trinajstić information content (AvgIpc) is 2.19. The first-order chi connectivity index (χ1) is 8.15. The average molecular weight is 283 g/mol. The fourth-order valence-corrected chi connectivity index (χ4v) is 2.29. The predicted octanol–water partition coefficient (Wildman–Crippen LogP) is 1.83. The highest BCUT2D eigenvalue weighted by Crippen LogP contribution is 2.31. The fraction of sp³-hybridized carbons (Fsp3) is 0.444. The van der Waals surface area contributed by atoms with Crippen molar-refractivity contribution in [2.24, 2.45) is 0 Å². The highest BCUT2D eigenvalue weighted by Gasteiger charge is 2.31. The molecule has 0 saturated heterocycles. The third-order valence-electron chi connectivity index (χ3n) is 1.97. The van der Waals surface area contributed by atoms with Gasteiger partial charge in [-0.3, -0.25) is 4.72 Å². The first-order valence-electron chi connectivity index (χ1n) is 4.99. The van der Waals surface area contributed by atoms with Crippen molar-refractivity contribution in [1.29, 1.82) is 0 Å². The summed E-state index contributed by atoms with van der Waals surface area (Å²) in [5.41, 5.74) is 3.93. The second-order valence-electron chi connectivity index (χ2n) is 3.58. The van der Waals surface area contributed by atoms with Gasteiger partial charge < -0.3 is 5.73 Å². The molecule has 0 spiro atoms. The number of hydrogen-bond acceptors (Lipinski definition) is 4. The van der Waals surface area contributed by atoms with E-state index in [0.29, 0.717) is 18.7 Å². The van der Waals surface area contributed by atoms with E-state index in [1.807, 2.05) is 4.72 Å². The molecule has 0 amide bonds. The minimum atomic E-state index is -4.57. The molecule has 0 aliphatic heterocycles. The van der Waals surface area contributed by atoms with Crippen LogP contribution in [0.3, 0.4) is 0 Å². The summed E-state index contributed by atoms with van der Waals surface area (Å²) in [6.07, 6.45) is -3.67. The van der Waals surface area contributed by atoms with Gasteiger partial charge in [-0.15, -0.1) is 0 Å². The van der Waals surface area contributed by atoms with Crippen LogP contribution in [0.5, 0.6) is 0 Å². The Labute approximate surface area is 102 Å². The molecule has 0 radical (unpaired) electrons. The lowest BCUT2D eigenvalue weighted by Gasteiger charge is -2.11. The van der Waals surface area contributed by atoms with Gasteiger partial charge in [-0.1, -0.05) is 6.92 Å². The van der Waals surface area contributed by atoms with Gasteiger partial charge in [0.15, 0.2) is 5.82 Å². The van der Waals surface area contributed by atoms with E-state index in [1.54, 1.807) is 6.92 Å². The highest BCUT2D eigenvalue weighted by molar-refractivity contribution is 7.92. The Bertz CT molecular complexity index is 528. The molecule has 9 heteroatoms. The summed E-state index contributed by atoms with van der Waals surface area (Å²) in [6, 6.07) is 0.636. The quantitative estimate of drug-likeness (QED) is 0.882. The largest absolute Gasteiger partial charge is 0.417 e. The Morgan fingerprint density at radius 2 is 2.06 bits per heavy atom. The van der Waals surface area contributed by atoms with Crippen molar-refractivity contribution < 1.29 is 21.6 Å². The monoisotopic (exact) mass is 283 g/mol. The number of sulfonamides is 1. The van der Waals surface area contributed by atoms with Crippen LogP contribution in [0.25, 0.3) is 0 Å².